The highest BCUT2D eigenvalue weighted by atomic mass is 19.3. The fourth-order valence-electron chi connectivity index (χ4n) is 4.08. The number of carbonyl (C=O) groups excluding carboxylic acids is 1. The molecule has 0 saturated heterocycles. The van der Waals surface area contributed by atoms with Gasteiger partial charge in [0.15, 0.2) is 0 Å². The Labute approximate surface area is 202 Å². The highest BCUT2D eigenvalue weighted by molar-refractivity contribution is 5.97. The zero-order valence-corrected chi connectivity index (χ0v) is 18.0. The van der Waals surface area contributed by atoms with E-state index in [2.05, 4.69) is 10.4 Å². The maximum atomic E-state index is 13.8. The largest absolute Gasteiger partial charge is 0.496 e. The predicted octanol–water partition coefficient (Wildman–Crippen LogP) is 3.67. The molecule has 1 aliphatic carbocycles. The Hall–Kier alpha value is -4.20. The van der Waals surface area contributed by atoms with E-state index < -0.39 is 36.6 Å². The first-order chi connectivity index (χ1) is 17.9. The van der Waals surface area contributed by atoms with Gasteiger partial charge >= 0.3 is 0 Å². The molecule has 5 rings (SSSR count). The van der Waals surface area contributed by atoms with E-state index in [9.17, 15) is 23.2 Å². The second-order valence-corrected chi connectivity index (χ2v) is 8.40. The maximum absolute atomic E-state index is 13.8. The molecule has 2 aromatic carbocycles. The van der Waals surface area contributed by atoms with Crippen LogP contribution in [0.25, 0.3) is 11.3 Å². The highest BCUT2D eigenvalue weighted by Gasteiger charge is 2.57. The number of nitrogen functional groups attached to an aromatic ring is 1. The van der Waals surface area contributed by atoms with Crippen molar-refractivity contribution in [2.45, 2.75) is 24.9 Å². The molecule has 2 unspecified atom stereocenters. The number of benzene rings is 2. The Balaban J connectivity index is 1.38. The van der Waals surface area contributed by atoms with Crippen LogP contribution in [0.3, 0.4) is 0 Å². The number of alkyl halides is 2. The van der Waals surface area contributed by atoms with Crippen LogP contribution in [0, 0.1) is 23.1 Å². The van der Waals surface area contributed by atoms with Gasteiger partial charge in [0.2, 0.25) is 0 Å². The summed E-state index contributed by atoms with van der Waals surface area (Å²) in [7, 11) is -2.84. The van der Waals surface area contributed by atoms with Gasteiger partial charge in [-0.25, -0.2) is 17.9 Å². The molecule has 2 aliphatic rings. The molecule has 3 N–H and O–H groups in total. The van der Waals surface area contributed by atoms with E-state index in [1.807, 2.05) is 6.07 Å². The summed E-state index contributed by atoms with van der Waals surface area (Å²) in [5.74, 6) is -5.13. The molecule has 0 radical (unpaired) electrons. The predicted molar refractivity (Wildman–Crippen MR) is 118 cm³/mol. The van der Waals surface area contributed by atoms with Gasteiger partial charge in [-0.2, -0.15) is 10.4 Å². The molecule has 180 valence electrons. The summed E-state index contributed by atoms with van der Waals surface area (Å²) in [5.41, 5.74) is 6.99. The van der Waals surface area contributed by atoms with E-state index in [4.69, 9.17) is 19.3 Å². The maximum Gasteiger partial charge on any atom is 0.255 e. The molecule has 3 aromatic rings. The number of nitrogens with one attached hydrogen (secondary N) is 1. The average molecular weight is 486 g/mol. The first-order valence-electron chi connectivity index (χ1n) is 12.1. The minimum Gasteiger partial charge on any atom is -0.496 e. The van der Waals surface area contributed by atoms with Gasteiger partial charge in [0, 0.05) is 23.5 Å². The molecule has 1 aromatic heterocycles. The number of rotatable bonds is 6. The molecule has 0 spiro atoms. The van der Waals surface area contributed by atoms with Gasteiger partial charge in [-0.3, -0.25) is 4.79 Å². The minimum atomic E-state index is -2.84. The number of amides is 1. The molecule has 11 heteroatoms. The van der Waals surface area contributed by atoms with Crippen molar-refractivity contribution in [3.8, 4) is 28.8 Å². The van der Waals surface area contributed by atoms with Gasteiger partial charge in [-0.1, -0.05) is 12.1 Å². The third-order valence-electron chi connectivity index (χ3n) is 6.12. The van der Waals surface area contributed by atoms with Crippen LogP contribution in [0.4, 0.5) is 19.0 Å². The highest BCUT2D eigenvalue weighted by Crippen LogP contribution is 2.50. The Kier molecular flexibility index (Phi) is 4.50. The van der Waals surface area contributed by atoms with Crippen LogP contribution in [0.15, 0.2) is 36.4 Å². The molecule has 2 atom stereocenters. The van der Waals surface area contributed by atoms with Crippen molar-refractivity contribution in [2.75, 3.05) is 19.4 Å². The lowest BCUT2D eigenvalue weighted by Gasteiger charge is -2.14. The molecule has 2 heterocycles. The van der Waals surface area contributed by atoms with Gasteiger partial charge in [-0.15, -0.1) is 0 Å². The third kappa shape index (κ3) is 4.01. The summed E-state index contributed by atoms with van der Waals surface area (Å²) in [5, 5.41) is 16.6. The number of nitrogens with zero attached hydrogens (tertiary/aromatic N) is 3. The van der Waals surface area contributed by atoms with E-state index in [0.29, 0.717) is 16.9 Å². The lowest BCUT2D eigenvalue weighted by Crippen LogP contribution is -2.29. The van der Waals surface area contributed by atoms with Crippen molar-refractivity contribution in [3.05, 3.63) is 58.9 Å². The molecule has 1 amide bonds. The third-order valence-corrected chi connectivity index (χ3v) is 6.12. The van der Waals surface area contributed by atoms with Crippen LogP contribution in [0.2, 0.25) is 0 Å². The van der Waals surface area contributed by atoms with Crippen LogP contribution >= 0.6 is 0 Å². The van der Waals surface area contributed by atoms with Crippen LogP contribution < -0.4 is 20.5 Å². The number of nitrogens with two attached hydrogens (primary N) is 1. The van der Waals surface area contributed by atoms with Gasteiger partial charge in [0.05, 0.1) is 29.3 Å². The molecule has 1 fully saturated rings. The van der Waals surface area contributed by atoms with Gasteiger partial charge in [0.1, 0.15) is 47.1 Å². The number of fused-ring (bicyclic) bond motifs is 1. The van der Waals surface area contributed by atoms with Gasteiger partial charge in [0.25, 0.3) is 11.8 Å². The number of nitriles is 1. The lowest BCUT2D eigenvalue weighted by molar-refractivity contribution is 0.0924. The summed E-state index contributed by atoms with van der Waals surface area (Å²) >= 11 is 0. The van der Waals surface area contributed by atoms with Crippen molar-refractivity contribution in [1.29, 1.82) is 5.26 Å². The zero-order valence-electron chi connectivity index (χ0n) is 21.0. The van der Waals surface area contributed by atoms with E-state index in [1.54, 1.807) is 18.2 Å². The topological polar surface area (TPSA) is 115 Å². The first kappa shape index (κ1) is 19.1. The van der Waals surface area contributed by atoms with Crippen LogP contribution in [-0.4, -0.2) is 35.3 Å². The second-order valence-electron chi connectivity index (χ2n) is 8.40. The summed E-state index contributed by atoms with van der Waals surface area (Å²) in [6.45, 7) is -0.0929. The Morgan fingerprint density at radius 1 is 1.43 bits per heavy atom. The van der Waals surface area contributed by atoms with Crippen molar-refractivity contribution >= 4 is 11.7 Å². The van der Waals surface area contributed by atoms with Crippen LogP contribution in [0.1, 0.15) is 38.1 Å². The second kappa shape index (κ2) is 8.23. The first-order valence-corrected chi connectivity index (χ1v) is 10.6. The number of carbonyl (C=O) groups is 1. The normalized spacial score (nSPS) is 21.0. The molecule has 1 aliphatic heterocycles. The number of hydrogen-bond donors (Lipinski definition) is 2. The summed E-state index contributed by atoms with van der Waals surface area (Å²) in [6.07, 6.45) is -0.261. The number of anilines is 1. The van der Waals surface area contributed by atoms with Crippen LogP contribution in [0.5, 0.6) is 11.5 Å². The number of ether oxygens (including phenoxy) is 2. The molecule has 0 bridgehead atoms. The minimum absolute atomic E-state index is 0.0121. The standard InChI is InChI=1S/C24H20F3N5O3/c1-34-19-5-3-14(25)7-16(19)23(33)30-18-11-35-20-6-12(2-4-15(18)20)21-17(9-28)22(29)32(31-21)10-13-8-24(13,26)27/h2-7,13,18H,8,10-11,29H2,1H3,(H,30,33)/i1D3. The zero-order chi connectivity index (χ0) is 27.4. The van der Waals surface area contributed by atoms with E-state index in [0.717, 1.165) is 18.2 Å². The Morgan fingerprint density at radius 2 is 2.23 bits per heavy atom. The summed E-state index contributed by atoms with van der Waals surface area (Å²) < 4.78 is 74.1. The SMILES string of the molecule is [2H]C([2H])([2H])Oc1ccc(F)cc1C(=O)NC1COc2cc(-c3nn(CC4CC4(F)F)c(N)c3C#N)ccc21. The molecule has 1 saturated carbocycles. The van der Waals surface area contributed by atoms with Gasteiger partial charge in [-0.05, 0) is 24.3 Å². The van der Waals surface area contributed by atoms with Crippen molar-refractivity contribution in [3.63, 3.8) is 0 Å². The number of halogens is 3. The number of methoxy groups -OCH3 is 1. The summed E-state index contributed by atoms with van der Waals surface area (Å²) in [6, 6.07) is 9.07. The Bertz CT molecular complexity index is 1490. The smallest absolute Gasteiger partial charge is 0.255 e. The van der Waals surface area contributed by atoms with E-state index in [-0.39, 0.29) is 48.0 Å². The van der Waals surface area contributed by atoms with Crippen LogP contribution in [-0.2, 0) is 6.54 Å². The molecule has 35 heavy (non-hydrogen) atoms. The van der Waals surface area contributed by atoms with Crippen molar-refractivity contribution in [1.82, 2.24) is 15.1 Å². The van der Waals surface area contributed by atoms with E-state index in [1.165, 1.54) is 4.68 Å². The quantitative estimate of drug-likeness (QED) is 0.550. The molecule has 8 nitrogen and oxygen atoms in total. The molecular formula is C24H20F3N5O3. The Morgan fingerprint density at radius 3 is 2.94 bits per heavy atom. The molecular weight excluding hydrogens is 463 g/mol. The van der Waals surface area contributed by atoms with Crippen molar-refractivity contribution in [2.24, 2.45) is 5.92 Å². The number of aromatic nitrogens is 2. The average Bonchev–Trinajstić information content (AvgIpc) is 3.13. The number of hydrogen-bond acceptors (Lipinski definition) is 6. The van der Waals surface area contributed by atoms with Crippen molar-refractivity contribution < 1.29 is 31.6 Å². The lowest BCUT2D eigenvalue weighted by atomic mass is 10.0. The van der Waals surface area contributed by atoms with E-state index >= 15 is 0 Å². The van der Waals surface area contributed by atoms with Gasteiger partial charge < -0.3 is 20.5 Å². The fourth-order valence-corrected chi connectivity index (χ4v) is 4.08. The summed E-state index contributed by atoms with van der Waals surface area (Å²) in [4.78, 5) is 12.9. The fraction of sp³-hybridized carbons (Fsp3) is 0.292. The monoisotopic (exact) mass is 486 g/mol.